The summed E-state index contributed by atoms with van der Waals surface area (Å²) in [6.07, 6.45) is 9.67. The highest BCUT2D eigenvalue weighted by Crippen LogP contribution is 2.25. The van der Waals surface area contributed by atoms with Gasteiger partial charge in [-0.05, 0) is 42.9 Å². The first kappa shape index (κ1) is 14.4. The van der Waals surface area contributed by atoms with Crippen LogP contribution in [0.3, 0.4) is 0 Å². The lowest BCUT2D eigenvalue weighted by Crippen LogP contribution is -2.33. The molecule has 1 fully saturated rings. The van der Waals surface area contributed by atoms with Gasteiger partial charge in [-0.3, -0.25) is 0 Å². The first-order valence-corrected chi connectivity index (χ1v) is 7.23. The van der Waals surface area contributed by atoms with Crippen LogP contribution >= 0.6 is 0 Å². The number of carbonyl (C=O) groups is 1. The Morgan fingerprint density at radius 3 is 2.65 bits per heavy atom. The van der Waals surface area contributed by atoms with Crippen LogP contribution < -0.4 is 10.6 Å². The predicted molar refractivity (Wildman–Crippen MR) is 79.4 cm³/mol. The van der Waals surface area contributed by atoms with Gasteiger partial charge in [0.15, 0.2) is 0 Å². The van der Waals surface area contributed by atoms with E-state index in [1.54, 1.807) is 18.3 Å². The van der Waals surface area contributed by atoms with Gasteiger partial charge < -0.3 is 15.7 Å². The molecule has 0 heterocycles. The van der Waals surface area contributed by atoms with Gasteiger partial charge in [0.25, 0.3) is 0 Å². The van der Waals surface area contributed by atoms with E-state index in [-0.39, 0.29) is 11.8 Å². The van der Waals surface area contributed by atoms with Crippen LogP contribution in [0.25, 0.3) is 0 Å². The van der Waals surface area contributed by atoms with Crippen LogP contribution in [0.4, 0.5) is 4.79 Å². The third-order valence-electron chi connectivity index (χ3n) is 3.62. The van der Waals surface area contributed by atoms with Crippen molar-refractivity contribution in [2.45, 2.75) is 32.1 Å². The summed E-state index contributed by atoms with van der Waals surface area (Å²) in [4.78, 5) is 11.5. The highest BCUT2D eigenvalue weighted by atomic mass is 16.3. The summed E-state index contributed by atoms with van der Waals surface area (Å²) in [6, 6.07) is 6.85. The molecule has 0 aliphatic heterocycles. The van der Waals surface area contributed by atoms with Gasteiger partial charge in [0.05, 0.1) is 0 Å². The van der Waals surface area contributed by atoms with Crippen LogP contribution in [0.1, 0.15) is 31.2 Å². The number of phenolic OH excluding ortho intramolecular Hbond substituents is 1. The van der Waals surface area contributed by atoms with Crippen LogP contribution in [0.15, 0.2) is 36.5 Å². The third-order valence-corrected chi connectivity index (χ3v) is 3.62. The highest BCUT2D eigenvalue weighted by Gasteiger charge is 2.11. The molecule has 4 heteroatoms. The van der Waals surface area contributed by atoms with E-state index < -0.39 is 0 Å². The summed E-state index contributed by atoms with van der Waals surface area (Å²) in [5.41, 5.74) is 1.09. The molecular weight excluding hydrogens is 252 g/mol. The van der Waals surface area contributed by atoms with E-state index in [2.05, 4.69) is 16.7 Å². The third kappa shape index (κ3) is 4.96. The van der Waals surface area contributed by atoms with Gasteiger partial charge in [-0.15, -0.1) is 0 Å². The zero-order chi connectivity index (χ0) is 14.2. The Labute approximate surface area is 119 Å². The summed E-state index contributed by atoms with van der Waals surface area (Å²) in [5.74, 6) is 0.892. The number of benzene rings is 1. The van der Waals surface area contributed by atoms with E-state index in [0.717, 1.165) is 12.0 Å². The van der Waals surface area contributed by atoms with E-state index in [1.165, 1.54) is 25.7 Å². The molecular formula is C16H22N2O2. The topological polar surface area (TPSA) is 61.4 Å². The molecule has 108 valence electrons. The van der Waals surface area contributed by atoms with Crippen molar-refractivity contribution in [1.82, 2.24) is 10.6 Å². The van der Waals surface area contributed by atoms with Crippen molar-refractivity contribution in [3.8, 4) is 5.75 Å². The number of amides is 2. The zero-order valence-corrected chi connectivity index (χ0v) is 11.6. The molecule has 1 aliphatic rings. The monoisotopic (exact) mass is 274 g/mol. The molecule has 1 aliphatic carbocycles. The van der Waals surface area contributed by atoms with Crippen molar-refractivity contribution in [3.63, 3.8) is 0 Å². The maximum Gasteiger partial charge on any atom is 0.318 e. The second-order valence-electron chi connectivity index (χ2n) is 5.22. The Morgan fingerprint density at radius 2 is 1.95 bits per heavy atom. The Bertz CT molecular complexity index is 448. The van der Waals surface area contributed by atoms with Crippen LogP contribution in [-0.4, -0.2) is 17.7 Å². The van der Waals surface area contributed by atoms with Crippen molar-refractivity contribution in [3.05, 3.63) is 42.1 Å². The standard InChI is InChI=1S/C16H22N2O2/c19-15-7-5-14(6-8-15)10-12-18-16(20)17-11-9-13-3-1-2-4-13/h5-9,11,13,19H,1-4,10,12H2,(H2,17,18,20)/b11-9+. The van der Waals surface area contributed by atoms with E-state index in [0.29, 0.717) is 12.5 Å². The van der Waals surface area contributed by atoms with Gasteiger partial charge >= 0.3 is 6.03 Å². The van der Waals surface area contributed by atoms with Gasteiger partial charge in [-0.2, -0.15) is 0 Å². The Morgan fingerprint density at radius 1 is 1.25 bits per heavy atom. The molecule has 1 aromatic carbocycles. The summed E-state index contributed by atoms with van der Waals surface area (Å²) in [5, 5.41) is 14.7. The Hall–Kier alpha value is -1.97. The number of nitrogens with one attached hydrogen (secondary N) is 2. The minimum absolute atomic E-state index is 0.168. The predicted octanol–water partition coefficient (Wildman–Crippen LogP) is 2.94. The molecule has 3 N–H and O–H groups in total. The maximum absolute atomic E-state index is 11.5. The molecule has 0 spiro atoms. The van der Waals surface area contributed by atoms with Gasteiger partial charge in [-0.1, -0.05) is 31.1 Å². The number of rotatable bonds is 5. The van der Waals surface area contributed by atoms with Gasteiger partial charge in [0, 0.05) is 12.7 Å². The van der Waals surface area contributed by atoms with Gasteiger partial charge in [-0.25, -0.2) is 4.79 Å². The molecule has 2 rings (SSSR count). The average molecular weight is 274 g/mol. The van der Waals surface area contributed by atoms with Crippen LogP contribution in [0, 0.1) is 5.92 Å². The second-order valence-corrected chi connectivity index (χ2v) is 5.22. The van der Waals surface area contributed by atoms with Crippen molar-refractivity contribution >= 4 is 6.03 Å². The van der Waals surface area contributed by atoms with Crippen molar-refractivity contribution in [1.29, 1.82) is 0 Å². The molecule has 4 nitrogen and oxygen atoms in total. The number of hydrogen-bond donors (Lipinski definition) is 3. The number of aromatic hydroxyl groups is 1. The highest BCUT2D eigenvalue weighted by molar-refractivity contribution is 5.74. The van der Waals surface area contributed by atoms with Crippen LogP contribution in [-0.2, 0) is 6.42 Å². The number of allylic oxidation sites excluding steroid dienone is 1. The molecule has 0 saturated heterocycles. The van der Waals surface area contributed by atoms with Crippen molar-refractivity contribution < 1.29 is 9.90 Å². The molecule has 1 saturated carbocycles. The van der Waals surface area contributed by atoms with E-state index in [1.807, 2.05) is 12.1 Å². The lowest BCUT2D eigenvalue weighted by molar-refractivity contribution is 0.244. The molecule has 0 radical (unpaired) electrons. The van der Waals surface area contributed by atoms with Gasteiger partial charge in [0.2, 0.25) is 0 Å². The lowest BCUT2D eigenvalue weighted by Gasteiger charge is -2.06. The average Bonchev–Trinajstić information content (AvgIpc) is 2.94. The number of hydrogen-bond acceptors (Lipinski definition) is 2. The number of carbonyl (C=O) groups excluding carboxylic acids is 1. The summed E-state index contributed by atoms with van der Waals surface area (Å²) in [7, 11) is 0. The van der Waals surface area contributed by atoms with Crippen molar-refractivity contribution in [2.75, 3.05) is 6.54 Å². The summed E-state index contributed by atoms with van der Waals surface area (Å²) < 4.78 is 0. The minimum atomic E-state index is -0.168. The molecule has 0 unspecified atom stereocenters. The molecule has 1 aromatic rings. The smallest absolute Gasteiger partial charge is 0.318 e. The Kier molecular flexibility index (Phi) is 5.47. The molecule has 20 heavy (non-hydrogen) atoms. The molecule has 2 amide bonds. The van der Waals surface area contributed by atoms with E-state index >= 15 is 0 Å². The lowest BCUT2D eigenvalue weighted by atomic mass is 10.1. The summed E-state index contributed by atoms with van der Waals surface area (Å²) >= 11 is 0. The van der Waals surface area contributed by atoms with Crippen molar-refractivity contribution in [2.24, 2.45) is 5.92 Å². The number of urea groups is 1. The SMILES string of the molecule is O=C(N/C=C/C1CCCC1)NCCc1ccc(O)cc1. The molecule has 0 aromatic heterocycles. The fourth-order valence-electron chi connectivity index (χ4n) is 2.44. The fourth-order valence-corrected chi connectivity index (χ4v) is 2.44. The van der Waals surface area contributed by atoms with Crippen LogP contribution in [0.2, 0.25) is 0 Å². The van der Waals surface area contributed by atoms with E-state index in [4.69, 9.17) is 5.11 Å². The first-order valence-electron chi connectivity index (χ1n) is 7.23. The molecule has 0 bridgehead atoms. The van der Waals surface area contributed by atoms with Gasteiger partial charge in [0.1, 0.15) is 5.75 Å². The Balaban J connectivity index is 1.61. The minimum Gasteiger partial charge on any atom is -0.508 e. The van der Waals surface area contributed by atoms with E-state index in [9.17, 15) is 4.79 Å². The summed E-state index contributed by atoms with van der Waals surface area (Å²) in [6.45, 7) is 0.577. The first-order chi connectivity index (χ1) is 9.74. The normalized spacial score (nSPS) is 15.6. The fraction of sp³-hybridized carbons (Fsp3) is 0.438. The zero-order valence-electron chi connectivity index (χ0n) is 11.6. The molecule has 0 atom stereocenters. The quantitative estimate of drug-likeness (QED) is 0.773. The second kappa shape index (κ2) is 7.58. The maximum atomic E-state index is 11.5. The largest absolute Gasteiger partial charge is 0.508 e. The van der Waals surface area contributed by atoms with Crippen LogP contribution in [0.5, 0.6) is 5.75 Å². The number of phenols is 1.